The lowest BCUT2D eigenvalue weighted by Crippen LogP contribution is -2.01. The summed E-state index contributed by atoms with van der Waals surface area (Å²) in [6.45, 7) is 0. The van der Waals surface area contributed by atoms with Crippen molar-refractivity contribution in [3.05, 3.63) is 18.6 Å². The molecule has 0 unspecified atom stereocenters. The van der Waals surface area contributed by atoms with Crippen LogP contribution in [-0.2, 0) is 0 Å². The number of H-pyrrole nitrogens is 1. The molecular formula is C7H6N6. The average Bonchev–Trinajstić information content (AvgIpc) is 2.66. The van der Waals surface area contributed by atoms with Crippen LogP contribution in [0, 0.1) is 0 Å². The fourth-order valence-corrected chi connectivity index (χ4v) is 1.39. The van der Waals surface area contributed by atoms with Crippen LogP contribution in [-0.4, -0.2) is 24.6 Å². The Kier molecular flexibility index (Phi) is 0.974. The first-order chi connectivity index (χ1) is 6.36. The number of hydrogen-bond acceptors (Lipinski definition) is 4. The molecular weight excluding hydrogens is 168 g/mol. The molecule has 0 atom stereocenters. The van der Waals surface area contributed by atoms with Crippen LogP contribution in [0.4, 0.5) is 5.95 Å². The molecule has 3 aromatic rings. The molecule has 0 spiro atoms. The van der Waals surface area contributed by atoms with E-state index in [0.717, 1.165) is 16.7 Å². The summed E-state index contributed by atoms with van der Waals surface area (Å²) in [7, 11) is 0. The zero-order chi connectivity index (χ0) is 8.84. The quantitative estimate of drug-likeness (QED) is 0.509. The molecule has 0 radical (unpaired) electrons. The van der Waals surface area contributed by atoms with Crippen molar-refractivity contribution < 1.29 is 0 Å². The molecule has 0 aliphatic heterocycles. The highest BCUT2D eigenvalue weighted by atomic mass is 15.3. The van der Waals surface area contributed by atoms with E-state index in [2.05, 4.69) is 20.1 Å². The van der Waals surface area contributed by atoms with E-state index in [-0.39, 0.29) is 0 Å². The van der Waals surface area contributed by atoms with Gasteiger partial charge in [-0.25, -0.2) is 4.98 Å². The van der Waals surface area contributed by atoms with Gasteiger partial charge in [-0.15, -0.1) is 0 Å². The summed E-state index contributed by atoms with van der Waals surface area (Å²) in [5.74, 6) is 0.336. The Bertz CT molecular complexity index is 577. The van der Waals surface area contributed by atoms with Gasteiger partial charge >= 0.3 is 0 Å². The summed E-state index contributed by atoms with van der Waals surface area (Å²) in [6.07, 6.45) is 3.26. The van der Waals surface area contributed by atoms with Gasteiger partial charge < -0.3 is 10.7 Å². The van der Waals surface area contributed by atoms with Crippen molar-refractivity contribution >= 4 is 22.6 Å². The van der Waals surface area contributed by atoms with Gasteiger partial charge in [-0.2, -0.15) is 14.6 Å². The van der Waals surface area contributed by atoms with E-state index < -0.39 is 0 Å². The van der Waals surface area contributed by atoms with Gasteiger partial charge in [-0.1, -0.05) is 0 Å². The lowest BCUT2D eigenvalue weighted by Gasteiger charge is -1.96. The molecule has 3 heterocycles. The third-order valence-electron chi connectivity index (χ3n) is 1.96. The molecule has 0 aliphatic carbocycles. The van der Waals surface area contributed by atoms with Crippen molar-refractivity contribution in [3.63, 3.8) is 0 Å². The highest BCUT2D eigenvalue weighted by Gasteiger charge is 2.07. The topological polar surface area (TPSA) is 84.9 Å². The molecule has 0 saturated carbocycles. The molecule has 3 aromatic heterocycles. The van der Waals surface area contributed by atoms with Gasteiger partial charge in [-0.05, 0) is 6.07 Å². The summed E-state index contributed by atoms with van der Waals surface area (Å²) in [5, 5.41) is 4.88. The van der Waals surface area contributed by atoms with E-state index in [9.17, 15) is 0 Å². The van der Waals surface area contributed by atoms with E-state index in [1.54, 1.807) is 6.20 Å². The predicted molar refractivity (Wildman–Crippen MR) is 47.1 cm³/mol. The van der Waals surface area contributed by atoms with Crippen LogP contribution in [0.3, 0.4) is 0 Å². The summed E-state index contributed by atoms with van der Waals surface area (Å²) in [6, 6.07) is 1.89. The first-order valence-electron chi connectivity index (χ1n) is 3.78. The molecule has 0 aliphatic rings. The molecule has 0 fully saturated rings. The van der Waals surface area contributed by atoms with Crippen molar-refractivity contribution in [1.82, 2.24) is 24.6 Å². The average molecular weight is 174 g/mol. The number of rotatable bonds is 0. The normalized spacial score (nSPS) is 11.4. The smallest absolute Gasteiger partial charge is 0.225 e. The van der Waals surface area contributed by atoms with Crippen molar-refractivity contribution in [2.75, 3.05) is 5.73 Å². The Hall–Kier alpha value is -2.11. The van der Waals surface area contributed by atoms with E-state index in [1.165, 1.54) is 10.8 Å². The van der Waals surface area contributed by atoms with Crippen molar-refractivity contribution in [1.29, 1.82) is 0 Å². The van der Waals surface area contributed by atoms with Crippen LogP contribution in [0.25, 0.3) is 16.7 Å². The largest absolute Gasteiger partial charge is 0.368 e. The monoisotopic (exact) mass is 174 g/mol. The number of nitrogens with zero attached hydrogens (tertiary/aromatic N) is 4. The Morgan fingerprint density at radius 1 is 1.46 bits per heavy atom. The van der Waals surface area contributed by atoms with Gasteiger partial charge in [-0.3, -0.25) is 0 Å². The van der Waals surface area contributed by atoms with Crippen LogP contribution in [0.2, 0.25) is 0 Å². The number of nitrogens with one attached hydrogen (secondary N) is 1. The van der Waals surface area contributed by atoms with E-state index in [4.69, 9.17) is 5.73 Å². The maximum atomic E-state index is 5.66. The molecule has 0 saturated heterocycles. The van der Waals surface area contributed by atoms with E-state index in [0.29, 0.717) is 5.95 Å². The number of aromatic amines is 1. The molecule has 6 nitrogen and oxygen atoms in total. The van der Waals surface area contributed by atoms with Gasteiger partial charge in [0.1, 0.15) is 12.0 Å². The van der Waals surface area contributed by atoms with Crippen LogP contribution in [0.1, 0.15) is 0 Å². The standard InChI is InChI=1S/C7H6N6/c8-7-12-5-4(1-2-9-5)6-10-3-11-13(6)7/h1-3,9H,(H2,8,12). The van der Waals surface area contributed by atoms with Gasteiger partial charge in [0.2, 0.25) is 5.95 Å². The van der Waals surface area contributed by atoms with Crippen LogP contribution >= 0.6 is 0 Å². The highest BCUT2D eigenvalue weighted by Crippen LogP contribution is 2.16. The molecule has 13 heavy (non-hydrogen) atoms. The molecule has 3 N–H and O–H groups in total. The summed E-state index contributed by atoms with van der Waals surface area (Å²) in [5.41, 5.74) is 7.12. The Morgan fingerprint density at radius 2 is 2.38 bits per heavy atom. The lowest BCUT2D eigenvalue weighted by molar-refractivity contribution is 0.949. The Balaban J connectivity index is 2.70. The van der Waals surface area contributed by atoms with Gasteiger partial charge in [0, 0.05) is 6.20 Å². The zero-order valence-electron chi connectivity index (χ0n) is 6.60. The number of hydrogen-bond donors (Lipinski definition) is 2. The first kappa shape index (κ1) is 6.41. The maximum absolute atomic E-state index is 5.66. The Labute approximate surface area is 72.4 Å². The minimum atomic E-state index is 0.336. The molecule has 0 bridgehead atoms. The summed E-state index contributed by atoms with van der Waals surface area (Å²) >= 11 is 0. The van der Waals surface area contributed by atoms with Crippen molar-refractivity contribution in [2.45, 2.75) is 0 Å². The summed E-state index contributed by atoms with van der Waals surface area (Å²) in [4.78, 5) is 11.2. The number of fused-ring (bicyclic) bond motifs is 3. The molecule has 3 rings (SSSR count). The minimum absolute atomic E-state index is 0.336. The number of nitrogens with two attached hydrogens (primary N) is 1. The predicted octanol–water partition coefficient (Wildman–Crippen LogP) is 0.188. The fraction of sp³-hybridized carbons (Fsp3) is 0. The maximum Gasteiger partial charge on any atom is 0.225 e. The van der Waals surface area contributed by atoms with Crippen LogP contribution in [0.15, 0.2) is 18.6 Å². The zero-order valence-corrected chi connectivity index (χ0v) is 6.60. The highest BCUT2D eigenvalue weighted by molar-refractivity contribution is 5.90. The lowest BCUT2D eigenvalue weighted by atomic mass is 10.4. The second-order valence-corrected chi connectivity index (χ2v) is 2.71. The minimum Gasteiger partial charge on any atom is -0.368 e. The summed E-state index contributed by atoms with van der Waals surface area (Å²) < 4.78 is 1.51. The van der Waals surface area contributed by atoms with Gasteiger partial charge in [0.15, 0.2) is 5.65 Å². The second-order valence-electron chi connectivity index (χ2n) is 2.71. The number of anilines is 1. The van der Waals surface area contributed by atoms with Crippen molar-refractivity contribution in [2.24, 2.45) is 0 Å². The Morgan fingerprint density at radius 3 is 3.31 bits per heavy atom. The van der Waals surface area contributed by atoms with Crippen LogP contribution in [0.5, 0.6) is 0 Å². The molecule has 0 amide bonds. The molecule has 0 aromatic carbocycles. The molecule has 6 heteroatoms. The molecule has 64 valence electrons. The van der Waals surface area contributed by atoms with Crippen LogP contribution < -0.4 is 5.73 Å². The van der Waals surface area contributed by atoms with E-state index in [1.807, 2.05) is 6.07 Å². The third kappa shape index (κ3) is 0.689. The van der Waals surface area contributed by atoms with Gasteiger partial charge in [0.25, 0.3) is 0 Å². The first-order valence-corrected chi connectivity index (χ1v) is 3.78. The number of nitrogen functional groups attached to an aromatic ring is 1. The fourth-order valence-electron chi connectivity index (χ4n) is 1.39. The third-order valence-corrected chi connectivity index (χ3v) is 1.96. The SMILES string of the molecule is Nc1nc2[nH]ccc2c2ncnn12. The van der Waals surface area contributed by atoms with E-state index >= 15 is 0 Å². The van der Waals surface area contributed by atoms with Gasteiger partial charge in [0.05, 0.1) is 5.39 Å². The van der Waals surface area contributed by atoms with Crippen molar-refractivity contribution in [3.8, 4) is 0 Å². The second kappa shape index (κ2) is 1.98. The number of aromatic nitrogens is 5.